The van der Waals surface area contributed by atoms with E-state index in [-0.39, 0.29) is 6.10 Å². The van der Waals surface area contributed by atoms with Gasteiger partial charge in [-0.25, -0.2) is 0 Å². The second-order valence-electron chi connectivity index (χ2n) is 3.47. The zero-order valence-corrected chi connectivity index (χ0v) is 9.93. The second-order valence-corrected chi connectivity index (χ2v) is 4.50. The average molecular weight is 229 g/mol. The largest absolute Gasteiger partial charge is 0.392 e. The molecule has 1 rings (SSSR count). The lowest BCUT2D eigenvalue weighted by molar-refractivity contribution is 0.152. The third-order valence-electron chi connectivity index (χ3n) is 2.17. The fraction of sp³-hybridized carbons (Fsp3) is 0.636. The number of aryl methyl sites for hydroxylation is 1. The number of nitrogens with one attached hydrogen (secondary N) is 1. The van der Waals surface area contributed by atoms with Crippen molar-refractivity contribution in [2.75, 3.05) is 26.8 Å². The number of hydrogen-bond donors (Lipinski definition) is 2. The van der Waals surface area contributed by atoms with Gasteiger partial charge in [-0.05, 0) is 24.3 Å². The van der Waals surface area contributed by atoms with Gasteiger partial charge in [0.05, 0.1) is 12.7 Å². The van der Waals surface area contributed by atoms with Crippen molar-refractivity contribution in [1.29, 1.82) is 0 Å². The summed E-state index contributed by atoms with van der Waals surface area (Å²) in [7, 11) is 1.68. The van der Waals surface area contributed by atoms with Crippen molar-refractivity contribution in [2.24, 2.45) is 0 Å². The molecule has 0 radical (unpaired) electrons. The smallest absolute Gasteiger partial charge is 0.0668 e. The van der Waals surface area contributed by atoms with Gasteiger partial charge in [-0.1, -0.05) is 6.07 Å². The molecule has 0 aromatic carbocycles. The van der Waals surface area contributed by atoms with E-state index in [1.807, 2.05) is 6.07 Å². The van der Waals surface area contributed by atoms with Crippen LogP contribution in [0.3, 0.4) is 0 Å². The van der Waals surface area contributed by atoms with E-state index in [0.717, 1.165) is 19.4 Å². The van der Waals surface area contributed by atoms with Crippen LogP contribution in [-0.2, 0) is 11.2 Å². The Morgan fingerprint density at radius 2 is 2.47 bits per heavy atom. The number of methoxy groups -OCH3 is 1. The number of rotatable bonds is 8. The third-order valence-corrected chi connectivity index (χ3v) is 3.10. The van der Waals surface area contributed by atoms with Gasteiger partial charge in [-0.15, -0.1) is 11.3 Å². The van der Waals surface area contributed by atoms with Gasteiger partial charge < -0.3 is 15.2 Å². The predicted octanol–water partition coefficient (Wildman–Crippen LogP) is 1.28. The molecule has 86 valence electrons. The number of ether oxygens (including phenoxy) is 1. The van der Waals surface area contributed by atoms with Crippen molar-refractivity contribution in [1.82, 2.24) is 5.32 Å². The lowest BCUT2D eigenvalue weighted by Crippen LogP contribution is -2.29. The van der Waals surface area contributed by atoms with Crippen LogP contribution < -0.4 is 5.32 Å². The van der Waals surface area contributed by atoms with Crippen LogP contribution in [0.25, 0.3) is 0 Å². The standard InChI is InChI=1S/C11H19NO2S/c1-14-7-6-12-9-10(13)4-5-11-3-2-8-15-11/h2-3,8,10,12-13H,4-7,9H2,1H3. The summed E-state index contributed by atoms with van der Waals surface area (Å²) in [5.41, 5.74) is 0. The van der Waals surface area contributed by atoms with Crippen LogP contribution in [0.4, 0.5) is 0 Å². The molecule has 0 aliphatic carbocycles. The highest BCUT2D eigenvalue weighted by molar-refractivity contribution is 7.09. The van der Waals surface area contributed by atoms with Crippen LogP contribution in [0.5, 0.6) is 0 Å². The summed E-state index contributed by atoms with van der Waals surface area (Å²) >= 11 is 1.75. The third kappa shape index (κ3) is 5.89. The first-order valence-electron chi connectivity index (χ1n) is 5.23. The Kier molecular flexibility index (Phi) is 6.59. The monoisotopic (exact) mass is 229 g/mol. The van der Waals surface area contributed by atoms with E-state index in [9.17, 15) is 5.11 Å². The van der Waals surface area contributed by atoms with E-state index in [0.29, 0.717) is 13.2 Å². The first-order valence-corrected chi connectivity index (χ1v) is 6.11. The van der Waals surface area contributed by atoms with E-state index in [1.54, 1.807) is 18.4 Å². The van der Waals surface area contributed by atoms with E-state index in [1.165, 1.54) is 4.88 Å². The van der Waals surface area contributed by atoms with Crippen molar-refractivity contribution >= 4 is 11.3 Å². The molecule has 15 heavy (non-hydrogen) atoms. The topological polar surface area (TPSA) is 41.5 Å². The maximum absolute atomic E-state index is 9.65. The molecular weight excluding hydrogens is 210 g/mol. The summed E-state index contributed by atoms with van der Waals surface area (Å²) in [6.45, 7) is 2.14. The van der Waals surface area contributed by atoms with E-state index < -0.39 is 0 Å². The summed E-state index contributed by atoms with van der Waals surface area (Å²) < 4.78 is 4.90. The second kappa shape index (κ2) is 7.82. The SMILES string of the molecule is COCCNCC(O)CCc1cccs1. The van der Waals surface area contributed by atoms with Gasteiger partial charge in [-0.2, -0.15) is 0 Å². The first kappa shape index (κ1) is 12.6. The van der Waals surface area contributed by atoms with Gasteiger partial charge in [0, 0.05) is 25.1 Å². The molecule has 3 nitrogen and oxygen atoms in total. The number of aliphatic hydroxyl groups excluding tert-OH is 1. The molecule has 1 aromatic rings. The minimum absolute atomic E-state index is 0.260. The molecule has 1 heterocycles. The molecule has 0 amide bonds. The van der Waals surface area contributed by atoms with Crippen LogP contribution in [0, 0.1) is 0 Å². The van der Waals surface area contributed by atoms with Crippen LogP contribution >= 0.6 is 11.3 Å². The Balaban J connectivity index is 2.01. The molecule has 0 aliphatic heterocycles. The molecule has 0 spiro atoms. The fourth-order valence-electron chi connectivity index (χ4n) is 1.31. The highest BCUT2D eigenvalue weighted by Gasteiger charge is 2.04. The zero-order chi connectivity index (χ0) is 10.9. The molecule has 1 aromatic heterocycles. The Hall–Kier alpha value is -0.420. The van der Waals surface area contributed by atoms with Crippen molar-refractivity contribution in [2.45, 2.75) is 18.9 Å². The Morgan fingerprint density at radius 1 is 1.60 bits per heavy atom. The summed E-state index contributed by atoms with van der Waals surface area (Å²) in [5.74, 6) is 0. The van der Waals surface area contributed by atoms with Gasteiger partial charge in [0.25, 0.3) is 0 Å². The average Bonchev–Trinajstić information content (AvgIpc) is 2.74. The molecule has 0 saturated carbocycles. The van der Waals surface area contributed by atoms with Gasteiger partial charge in [-0.3, -0.25) is 0 Å². The number of thiophene rings is 1. The van der Waals surface area contributed by atoms with E-state index >= 15 is 0 Å². The van der Waals surface area contributed by atoms with Gasteiger partial charge in [0.15, 0.2) is 0 Å². The molecule has 4 heteroatoms. The molecule has 1 unspecified atom stereocenters. The fourth-order valence-corrected chi connectivity index (χ4v) is 2.03. The predicted molar refractivity (Wildman–Crippen MR) is 63.4 cm³/mol. The highest BCUT2D eigenvalue weighted by atomic mass is 32.1. The van der Waals surface area contributed by atoms with Crippen LogP contribution in [0.15, 0.2) is 17.5 Å². The lowest BCUT2D eigenvalue weighted by Gasteiger charge is -2.10. The minimum Gasteiger partial charge on any atom is -0.392 e. The van der Waals surface area contributed by atoms with E-state index in [2.05, 4.69) is 16.8 Å². The maximum Gasteiger partial charge on any atom is 0.0668 e. The molecule has 1 atom stereocenters. The van der Waals surface area contributed by atoms with Gasteiger partial charge in [0.2, 0.25) is 0 Å². The van der Waals surface area contributed by atoms with Crippen molar-refractivity contribution in [3.05, 3.63) is 22.4 Å². The zero-order valence-electron chi connectivity index (χ0n) is 9.11. The molecule has 0 aliphatic rings. The Morgan fingerprint density at radius 3 is 3.13 bits per heavy atom. The maximum atomic E-state index is 9.65. The highest BCUT2D eigenvalue weighted by Crippen LogP contribution is 2.11. The lowest BCUT2D eigenvalue weighted by atomic mass is 10.2. The summed E-state index contributed by atoms with van der Waals surface area (Å²) in [6.07, 6.45) is 1.52. The van der Waals surface area contributed by atoms with Crippen molar-refractivity contribution < 1.29 is 9.84 Å². The normalized spacial score (nSPS) is 12.9. The molecular formula is C11H19NO2S. The van der Waals surface area contributed by atoms with Crippen molar-refractivity contribution in [3.8, 4) is 0 Å². The molecule has 2 N–H and O–H groups in total. The minimum atomic E-state index is -0.260. The summed E-state index contributed by atoms with van der Waals surface area (Å²) in [4.78, 5) is 1.34. The number of aliphatic hydroxyl groups is 1. The molecule has 0 fully saturated rings. The van der Waals surface area contributed by atoms with Crippen molar-refractivity contribution in [3.63, 3.8) is 0 Å². The Bertz CT molecular complexity index is 239. The molecule has 0 saturated heterocycles. The summed E-state index contributed by atoms with van der Waals surface area (Å²) in [5, 5.41) is 14.9. The van der Waals surface area contributed by atoms with Gasteiger partial charge >= 0.3 is 0 Å². The quantitative estimate of drug-likeness (QED) is 0.660. The van der Waals surface area contributed by atoms with Crippen LogP contribution in [0.1, 0.15) is 11.3 Å². The Labute approximate surface area is 95.1 Å². The van der Waals surface area contributed by atoms with Crippen LogP contribution in [0.2, 0.25) is 0 Å². The van der Waals surface area contributed by atoms with E-state index in [4.69, 9.17) is 4.74 Å². The van der Waals surface area contributed by atoms with Crippen LogP contribution in [-0.4, -0.2) is 38.0 Å². The van der Waals surface area contributed by atoms with Gasteiger partial charge in [0.1, 0.15) is 0 Å². The first-order chi connectivity index (χ1) is 7.33. The number of hydrogen-bond acceptors (Lipinski definition) is 4. The summed E-state index contributed by atoms with van der Waals surface area (Å²) in [6, 6.07) is 4.15. The molecule has 0 bridgehead atoms.